The van der Waals surface area contributed by atoms with E-state index >= 15 is 0 Å². The molecule has 0 radical (unpaired) electrons. The lowest BCUT2D eigenvalue weighted by Crippen LogP contribution is -2.08. The second-order valence-electron chi connectivity index (χ2n) is 4.50. The summed E-state index contributed by atoms with van der Waals surface area (Å²) in [5.74, 6) is -0.912. The molecule has 0 aliphatic carbocycles. The van der Waals surface area contributed by atoms with Crippen LogP contribution in [0.2, 0.25) is 0 Å². The third-order valence-electron chi connectivity index (χ3n) is 3.03. The average Bonchev–Trinajstić information content (AvgIpc) is 2.78. The van der Waals surface area contributed by atoms with Crippen molar-refractivity contribution >= 4 is 23.0 Å². The van der Waals surface area contributed by atoms with Crippen LogP contribution in [0.1, 0.15) is 39.5 Å². The Morgan fingerprint density at radius 1 is 1.42 bits per heavy atom. The Morgan fingerprint density at radius 2 is 2.16 bits per heavy atom. The SMILES string of the molecule is Cc1ccc(C(=O)O)cc1NC(C)c1scnc1C. The largest absolute Gasteiger partial charge is 0.478 e. The summed E-state index contributed by atoms with van der Waals surface area (Å²) in [6.45, 7) is 5.98. The van der Waals surface area contributed by atoms with Crippen LogP contribution in [0.5, 0.6) is 0 Å². The Bertz CT molecular complexity index is 607. The van der Waals surface area contributed by atoms with Crippen LogP contribution in [0.15, 0.2) is 23.7 Å². The summed E-state index contributed by atoms with van der Waals surface area (Å²) in [6, 6.07) is 5.21. The number of hydrogen-bond acceptors (Lipinski definition) is 4. The highest BCUT2D eigenvalue weighted by Crippen LogP contribution is 2.27. The second-order valence-corrected chi connectivity index (χ2v) is 5.39. The van der Waals surface area contributed by atoms with E-state index in [2.05, 4.69) is 10.3 Å². The van der Waals surface area contributed by atoms with Gasteiger partial charge < -0.3 is 10.4 Å². The number of nitrogens with one attached hydrogen (secondary N) is 1. The maximum absolute atomic E-state index is 11.0. The number of carboxylic acids is 1. The molecule has 2 rings (SSSR count). The Morgan fingerprint density at radius 3 is 2.74 bits per heavy atom. The van der Waals surface area contributed by atoms with Gasteiger partial charge in [0.1, 0.15) is 0 Å². The number of rotatable bonds is 4. The molecule has 0 bridgehead atoms. The number of carboxylic acid groups (broad SMARTS) is 1. The number of nitrogens with zero attached hydrogens (tertiary/aromatic N) is 1. The minimum Gasteiger partial charge on any atom is -0.478 e. The number of aromatic carboxylic acids is 1. The minimum absolute atomic E-state index is 0.107. The molecule has 4 nitrogen and oxygen atoms in total. The van der Waals surface area contributed by atoms with Gasteiger partial charge in [-0.1, -0.05) is 6.07 Å². The van der Waals surface area contributed by atoms with E-state index in [0.717, 1.165) is 16.9 Å². The molecule has 1 aromatic carbocycles. The standard InChI is InChI=1S/C14H16N2O2S/c1-8-4-5-11(14(17)18)6-12(8)16-10(3)13-9(2)15-7-19-13/h4-7,10,16H,1-3H3,(H,17,18). The van der Waals surface area contributed by atoms with Gasteiger partial charge in [-0.15, -0.1) is 11.3 Å². The quantitative estimate of drug-likeness (QED) is 0.895. The summed E-state index contributed by atoms with van der Waals surface area (Å²) in [6.07, 6.45) is 0. The number of aromatic nitrogens is 1. The molecule has 0 fully saturated rings. The summed E-state index contributed by atoms with van der Waals surface area (Å²) >= 11 is 1.60. The number of thiazole rings is 1. The van der Waals surface area contributed by atoms with Gasteiger partial charge >= 0.3 is 5.97 Å². The molecule has 1 unspecified atom stereocenters. The van der Waals surface area contributed by atoms with Gasteiger partial charge in [-0.25, -0.2) is 9.78 Å². The van der Waals surface area contributed by atoms with Crippen molar-refractivity contribution in [1.29, 1.82) is 0 Å². The summed E-state index contributed by atoms with van der Waals surface area (Å²) in [7, 11) is 0. The molecular formula is C14H16N2O2S. The maximum atomic E-state index is 11.0. The second kappa shape index (κ2) is 5.40. The molecule has 100 valence electrons. The Balaban J connectivity index is 2.26. The molecule has 2 aromatic rings. The summed E-state index contributed by atoms with van der Waals surface area (Å²) in [4.78, 5) is 16.4. The molecule has 0 saturated heterocycles. The summed E-state index contributed by atoms with van der Waals surface area (Å²) in [5, 5.41) is 12.4. The monoisotopic (exact) mass is 276 g/mol. The lowest BCUT2D eigenvalue weighted by atomic mass is 10.1. The van der Waals surface area contributed by atoms with Crippen molar-refractivity contribution in [2.45, 2.75) is 26.8 Å². The van der Waals surface area contributed by atoms with E-state index in [0.29, 0.717) is 5.56 Å². The highest BCUT2D eigenvalue weighted by molar-refractivity contribution is 7.09. The van der Waals surface area contributed by atoms with E-state index in [1.165, 1.54) is 4.88 Å². The van der Waals surface area contributed by atoms with Gasteiger partial charge in [-0.2, -0.15) is 0 Å². The fraction of sp³-hybridized carbons (Fsp3) is 0.286. The summed E-state index contributed by atoms with van der Waals surface area (Å²) in [5.41, 5.74) is 5.00. The van der Waals surface area contributed by atoms with Crippen LogP contribution in [0.25, 0.3) is 0 Å². The molecule has 0 spiro atoms. The number of benzene rings is 1. The third kappa shape index (κ3) is 2.93. The van der Waals surface area contributed by atoms with Gasteiger partial charge in [-0.3, -0.25) is 0 Å². The van der Waals surface area contributed by atoms with E-state index in [9.17, 15) is 4.79 Å². The minimum atomic E-state index is -0.912. The van der Waals surface area contributed by atoms with Crippen molar-refractivity contribution in [3.05, 3.63) is 45.4 Å². The molecular weight excluding hydrogens is 260 g/mol. The molecule has 5 heteroatoms. The number of aryl methyl sites for hydroxylation is 2. The van der Waals surface area contributed by atoms with E-state index < -0.39 is 5.97 Å². The van der Waals surface area contributed by atoms with Gasteiger partial charge in [0.25, 0.3) is 0 Å². The molecule has 1 aromatic heterocycles. The first kappa shape index (κ1) is 13.5. The molecule has 1 atom stereocenters. The van der Waals surface area contributed by atoms with Crippen molar-refractivity contribution in [3.8, 4) is 0 Å². The highest BCUT2D eigenvalue weighted by atomic mass is 32.1. The Hall–Kier alpha value is -1.88. The average molecular weight is 276 g/mol. The van der Waals surface area contributed by atoms with Gasteiger partial charge in [0.15, 0.2) is 0 Å². The molecule has 0 amide bonds. The number of hydrogen-bond donors (Lipinski definition) is 2. The van der Waals surface area contributed by atoms with Crippen LogP contribution in [-0.4, -0.2) is 16.1 Å². The lowest BCUT2D eigenvalue weighted by Gasteiger charge is -2.16. The van der Waals surface area contributed by atoms with Crippen LogP contribution in [0, 0.1) is 13.8 Å². The zero-order valence-corrected chi connectivity index (χ0v) is 11.9. The predicted molar refractivity (Wildman–Crippen MR) is 77.0 cm³/mol. The fourth-order valence-electron chi connectivity index (χ4n) is 1.94. The van der Waals surface area contributed by atoms with Crippen molar-refractivity contribution < 1.29 is 9.90 Å². The van der Waals surface area contributed by atoms with Crippen molar-refractivity contribution in [2.75, 3.05) is 5.32 Å². The topological polar surface area (TPSA) is 62.2 Å². The normalized spacial score (nSPS) is 12.2. The smallest absolute Gasteiger partial charge is 0.335 e. The van der Waals surface area contributed by atoms with Crippen LogP contribution >= 0.6 is 11.3 Å². The first-order valence-electron chi connectivity index (χ1n) is 5.99. The number of carbonyl (C=O) groups is 1. The Kier molecular flexibility index (Phi) is 3.85. The molecule has 0 aliphatic heterocycles. The molecule has 0 aliphatic rings. The van der Waals surface area contributed by atoms with Crippen LogP contribution in [0.4, 0.5) is 5.69 Å². The van der Waals surface area contributed by atoms with Crippen LogP contribution in [0.3, 0.4) is 0 Å². The molecule has 0 saturated carbocycles. The Labute approximate surface area is 116 Å². The third-order valence-corrected chi connectivity index (χ3v) is 4.15. The van der Waals surface area contributed by atoms with E-state index in [-0.39, 0.29) is 6.04 Å². The van der Waals surface area contributed by atoms with Crippen molar-refractivity contribution in [2.24, 2.45) is 0 Å². The lowest BCUT2D eigenvalue weighted by molar-refractivity contribution is 0.0697. The maximum Gasteiger partial charge on any atom is 0.335 e. The first-order valence-corrected chi connectivity index (χ1v) is 6.87. The van der Waals surface area contributed by atoms with Crippen molar-refractivity contribution in [3.63, 3.8) is 0 Å². The zero-order valence-electron chi connectivity index (χ0n) is 11.1. The van der Waals surface area contributed by atoms with E-state index in [4.69, 9.17) is 5.11 Å². The number of anilines is 1. The predicted octanol–water partition coefficient (Wildman–Crippen LogP) is 3.63. The summed E-state index contributed by atoms with van der Waals surface area (Å²) < 4.78 is 0. The highest BCUT2D eigenvalue weighted by Gasteiger charge is 2.13. The van der Waals surface area contributed by atoms with Crippen LogP contribution < -0.4 is 5.32 Å². The fourth-order valence-corrected chi connectivity index (χ4v) is 2.75. The van der Waals surface area contributed by atoms with Gasteiger partial charge in [0.2, 0.25) is 0 Å². The van der Waals surface area contributed by atoms with E-state index in [1.54, 1.807) is 23.5 Å². The molecule has 2 N–H and O–H groups in total. The van der Waals surface area contributed by atoms with Crippen molar-refractivity contribution in [1.82, 2.24) is 4.98 Å². The zero-order chi connectivity index (χ0) is 14.0. The molecule has 19 heavy (non-hydrogen) atoms. The first-order chi connectivity index (χ1) is 8.99. The van der Waals surface area contributed by atoms with Gasteiger partial charge in [0.05, 0.1) is 22.8 Å². The van der Waals surface area contributed by atoms with Gasteiger partial charge in [-0.05, 0) is 38.5 Å². The van der Waals surface area contributed by atoms with Gasteiger partial charge in [0, 0.05) is 10.6 Å². The molecule has 1 heterocycles. The van der Waals surface area contributed by atoms with E-state index in [1.807, 2.05) is 32.3 Å². The van der Waals surface area contributed by atoms with Crippen LogP contribution in [-0.2, 0) is 0 Å².